The third-order valence-electron chi connectivity index (χ3n) is 5.04. The Kier molecular flexibility index (Phi) is 5.63. The van der Waals surface area contributed by atoms with E-state index in [1.807, 2.05) is 30.3 Å². The molecule has 10 heteroatoms. The van der Waals surface area contributed by atoms with Crippen molar-refractivity contribution >= 4 is 10.0 Å². The number of ether oxygens (including phenoxy) is 1. The van der Waals surface area contributed by atoms with Crippen LogP contribution in [-0.4, -0.2) is 49.7 Å². The summed E-state index contributed by atoms with van der Waals surface area (Å²) < 4.78 is 65.3. The molecule has 3 aromatic rings. The molecule has 0 saturated carbocycles. The van der Waals surface area contributed by atoms with Crippen LogP contribution in [0.4, 0.5) is 8.78 Å². The summed E-state index contributed by atoms with van der Waals surface area (Å²) in [6, 6.07) is 11.4. The van der Waals surface area contributed by atoms with Crippen LogP contribution in [-0.2, 0) is 14.8 Å². The van der Waals surface area contributed by atoms with Gasteiger partial charge in [-0.15, -0.1) is 10.2 Å². The summed E-state index contributed by atoms with van der Waals surface area (Å²) >= 11 is 0. The molecule has 0 N–H and O–H groups in total. The minimum absolute atomic E-state index is 0.0327. The van der Waals surface area contributed by atoms with Crippen molar-refractivity contribution in [3.63, 3.8) is 0 Å². The number of sulfonamides is 1. The van der Waals surface area contributed by atoms with Crippen molar-refractivity contribution in [1.82, 2.24) is 14.5 Å². The number of benzene rings is 2. The third kappa shape index (κ3) is 3.98. The van der Waals surface area contributed by atoms with E-state index in [1.54, 1.807) is 0 Å². The van der Waals surface area contributed by atoms with Crippen LogP contribution in [0.5, 0.6) is 0 Å². The van der Waals surface area contributed by atoms with Crippen molar-refractivity contribution in [3.8, 4) is 11.5 Å². The zero-order chi connectivity index (χ0) is 21.3. The number of aromatic nitrogens is 2. The Bertz CT molecular complexity index is 1120. The van der Waals surface area contributed by atoms with E-state index in [0.717, 1.165) is 17.7 Å². The topological polar surface area (TPSA) is 85.5 Å². The molecule has 0 radical (unpaired) electrons. The molecule has 0 spiro atoms. The molecular weight excluding hydrogens is 416 g/mol. The van der Waals surface area contributed by atoms with Crippen LogP contribution in [0.3, 0.4) is 0 Å². The fourth-order valence-corrected chi connectivity index (χ4v) is 5.16. The molecule has 0 aliphatic carbocycles. The van der Waals surface area contributed by atoms with Gasteiger partial charge in [-0.1, -0.05) is 18.2 Å². The van der Waals surface area contributed by atoms with Crippen LogP contribution in [0.25, 0.3) is 11.5 Å². The highest BCUT2D eigenvalue weighted by Crippen LogP contribution is 2.36. The fourth-order valence-electron chi connectivity index (χ4n) is 3.60. The van der Waals surface area contributed by atoms with Gasteiger partial charge in [-0.2, -0.15) is 4.31 Å². The predicted octanol–water partition coefficient (Wildman–Crippen LogP) is 3.07. The SMILES string of the molecule is COC[C@@H]1CN(S(=O)(=O)c2cc(F)cc(F)c2)C[C@H]1c1nnc(-c2ccccc2)o1. The lowest BCUT2D eigenvalue weighted by atomic mass is 9.97. The standard InChI is InChI=1S/C20H19F2N3O4S/c1-28-12-14-10-25(30(26,27)17-8-15(21)7-16(22)9-17)11-18(14)20-24-23-19(29-20)13-5-3-2-4-6-13/h2-9,14,18H,10-12H2,1H3/t14-,18+/m0/s1. The Morgan fingerprint density at radius 1 is 1.10 bits per heavy atom. The van der Waals surface area contributed by atoms with Crippen LogP contribution in [0.15, 0.2) is 57.8 Å². The minimum Gasteiger partial charge on any atom is -0.420 e. The third-order valence-corrected chi connectivity index (χ3v) is 6.85. The average Bonchev–Trinajstić information content (AvgIpc) is 3.36. The summed E-state index contributed by atoms with van der Waals surface area (Å²) in [7, 11) is -2.60. The number of hydrogen-bond acceptors (Lipinski definition) is 6. The van der Waals surface area contributed by atoms with Gasteiger partial charge < -0.3 is 9.15 Å². The first-order valence-corrected chi connectivity index (χ1v) is 10.7. The Labute approximate surface area is 172 Å². The molecule has 1 saturated heterocycles. The number of methoxy groups -OCH3 is 1. The molecule has 158 valence electrons. The first kappa shape index (κ1) is 20.6. The maximum Gasteiger partial charge on any atom is 0.247 e. The summed E-state index contributed by atoms with van der Waals surface area (Å²) in [5.41, 5.74) is 0.747. The maximum atomic E-state index is 13.6. The van der Waals surface area contributed by atoms with E-state index in [0.29, 0.717) is 17.8 Å². The molecule has 1 aromatic heterocycles. The van der Waals surface area contributed by atoms with Crippen molar-refractivity contribution in [3.05, 3.63) is 66.1 Å². The molecule has 2 atom stereocenters. The van der Waals surface area contributed by atoms with E-state index in [9.17, 15) is 17.2 Å². The molecule has 0 bridgehead atoms. The molecule has 1 fully saturated rings. The van der Waals surface area contributed by atoms with Crippen LogP contribution in [0.1, 0.15) is 11.8 Å². The van der Waals surface area contributed by atoms with E-state index in [2.05, 4.69) is 10.2 Å². The number of halogens is 2. The highest BCUT2D eigenvalue weighted by Gasteiger charge is 2.42. The smallest absolute Gasteiger partial charge is 0.247 e. The monoisotopic (exact) mass is 435 g/mol. The van der Waals surface area contributed by atoms with Gasteiger partial charge in [-0.3, -0.25) is 0 Å². The first-order chi connectivity index (χ1) is 14.4. The Morgan fingerprint density at radius 3 is 2.47 bits per heavy atom. The van der Waals surface area contributed by atoms with Crippen molar-refractivity contribution < 1.29 is 26.4 Å². The predicted molar refractivity (Wildman–Crippen MR) is 103 cm³/mol. The molecule has 7 nitrogen and oxygen atoms in total. The molecule has 1 aliphatic heterocycles. The lowest BCUT2D eigenvalue weighted by molar-refractivity contribution is 0.147. The van der Waals surface area contributed by atoms with Crippen LogP contribution in [0.2, 0.25) is 0 Å². The van der Waals surface area contributed by atoms with Gasteiger partial charge in [0.15, 0.2) is 0 Å². The zero-order valence-corrected chi connectivity index (χ0v) is 16.9. The Morgan fingerprint density at radius 2 is 1.80 bits per heavy atom. The van der Waals surface area contributed by atoms with Gasteiger partial charge in [0.1, 0.15) is 11.6 Å². The normalized spacial score (nSPS) is 20.0. The van der Waals surface area contributed by atoms with Gasteiger partial charge in [0.05, 0.1) is 17.4 Å². The highest BCUT2D eigenvalue weighted by atomic mass is 32.2. The van der Waals surface area contributed by atoms with Crippen molar-refractivity contribution in [1.29, 1.82) is 0 Å². The molecule has 0 amide bonds. The second-order valence-corrected chi connectivity index (χ2v) is 9.00. The van der Waals surface area contributed by atoms with E-state index >= 15 is 0 Å². The van der Waals surface area contributed by atoms with Crippen LogP contribution < -0.4 is 0 Å². The van der Waals surface area contributed by atoms with E-state index < -0.39 is 32.5 Å². The van der Waals surface area contributed by atoms with Crippen molar-refractivity contribution in [2.24, 2.45) is 5.92 Å². The summed E-state index contributed by atoms with van der Waals surface area (Å²) in [6.45, 7) is 0.393. The van der Waals surface area contributed by atoms with Gasteiger partial charge in [0.2, 0.25) is 21.8 Å². The fraction of sp³-hybridized carbons (Fsp3) is 0.300. The largest absolute Gasteiger partial charge is 0.420 e. The lowest BCUT2D eigenvalue weighted by Crippen LogP contribution is -2.29. The zero-order valence-electron chi connectivity index (χ0n) is 16.0. The van der Waals surface area contributed by atoms with E-state index in [4.69, 9.17) is 9.15 Å². The Hall–Kier alpha value is -2.69. The molecular formula is C20H19F2N3O4S. The molecule has 30 heavy (non-hydrogen) atoms. The number of rotatable bonds is 6. The van der Waals surface area contributed by atoms with Gasteiger partial charge >= 0.3 is 0 Å². The maximum absolute atomic E-state index is 13.6. The summed E-state index contributed by atoms with van der Waals surface area (Å²) in [6.07, 6.45) is 0. The average molecular weight is 435 g/mol. The molecule has 1 aliphatic rings. The van der Waals surface area contributed by atoms with Crippen molar-refractivity contribution in [2.75, 3.05) is 26.8 Å². The van der Waals surface area contributed by atoms with Gasteiger partial charge in [-0.05, 0) is 24.3 Å². The summed E-state index contributed by atoms with van der Waals surface area (Å²) in [4.78, 5) is -0.438. The lowest BCUT2D eigenvalue weighted by Gasteiger charge is -2.16. The highest BCUT2D eigenvalue weighted by molar-refractivity contribution is 7.89. The molecule has 4 rings (SSSR count). The number of hydrogen-bond donors (Lipinski definition) is 0. The van der Waals surface area contributed by atoms with E-state index in [-0.39, 0.29) is 25.6 Å². The summed E-state index contributed by atoms with van der Waals surface area (Å²) in [5, 5.41) is 8.18. The molecule has 2 heterocycles. The van der Waals surface area contributed by atoms with Gasteiger partial charge in [-0.25, -0.2) is 17.2 Å². The second kappa shape index (κ2) is 8.21. The minimum atomic E-state index is -4.11. The first-order valence-electron chi connectivity index (χ1n) is 9.22. The van der Waals surface area contributed by atoms with Gasteiger partial charge in [0.25, 0.3) is 0 Å². The number of nitrogens with zero attached hydrogens (tertiary/aromatic N) is 3. The Balaban J connectivity index is 1.63. The van der Waals surface area contributed by atoms with Crippen LogP contribution in [0, 0.1) is 17.6 Å². The molecule has 2 aromatic carbocycles. The van der Waals surface area contributed by atoms with Gasteiger partial charge in [0, 0.05) is 37.7 Å². The van der Waals surface area contributed by atoms with Crippen molar-refractivity contribution in [2.45, 2.75) is 10.8 Å². The quantitative estimate of drug-likeness (QED) is 0.592. The second-order valence-electron chi connectivity index (χ2n) is 7.06. The summed E-state index contributed by atoms with van der Waals surface area (Å²) in [5.74, 6) is -1.96. The molecule has 0 unspecified atom stereocenters. The van der Waals surface area contributed by atoms with Crippen LogP contribution >= 0.6 is 0 Å². The van der Waals surface area contributed by atoms with E-state index in [1.165, 1.54) is 11.4 Å².